The number of hydrogen-bond acceptors (Lipinski definition) is 5. The van der Waals surface area contributed by atoms with Crippen LogP contribution >= 0.6 is 0 Å². The van der Waals surface area contributed by atoms with Crippen molar-refractivity contribution < 1.29 is 4.39 Å². The highest BCUT2D eigenvalue weighted by molar-refractivity contribution is 5.80. The summed E-state index contributed by atoms with van der Waals surface area (Å²) in [5.74, 6) is 0.154. The highest BCUT2D eigenvalue weighted by Gasteiger charge is 2.41. The van der Waals surface area contributed by atoms with Crippen molar-refractivity contribution in [3.05, 3.63) is 29.7 Å². The van der Waals surface area contributed by atoms with E-state index in [0.29, 0.717) is 12.1 Å². The summed E-state index contributed by atoms with van der Waals surface area (Å²) in [5, 5.41) is 9.61. The Bertz CT molecular complexity index is 507. The van der Waals surface area contributed by atoms with Crippen LogP contribution in [0.4, 0.5) is 4.39 Å². The van der Waals surface area contributed by atoms with Crippen LogP contribution in [0.25, 0.3) is 0 Å². The molecule has 0 radical (unpaired) electrons. The van der Waals surface area contributed by atoms with Crippen molar-refractivity contribution in [1.29, 1.82) is 0 Å². The number of rotatable bonds is 2. The van der Waals surface area contributed by atoms with Gasteiger partial charge in [0.15, 0.2) is 11.6 Å². The standard InChI is InChI=1S/C10H13FN6/c11-6-3-5(6)7-4-8(17-16-7)10(13)1-2-14-9(12)15-10/h1-2,4-6H,3,13H2,(H,16,17)(H3,12,14,15)/t5-,6-,10?/m1/s1. The molecule has 1 aliphatic heterocycles. The minimum Gasteiger partial charge on any atom is -0.370 e. The summed E-state index contributed by atoms with van der Waals surface area (Å²) in [6, 6.07) is 1.75. The van der Waals surface area contributed by atoms with Gasteiger partial charge in [-0.3, -0.25) is 10.8 Å². The summed E-state index contributed by atoms with van der Waals surface area (Å²) < 4.78 is 12.9. The van der Waals surface area contributed by atoms with Gasteiger partial charge < -0.3 is 11.1 Å². The number of aromatic nitrogens is 2. The lowest BCUT2D eigenvalue weighted by Crippen LogP contribution is -2.42. The van der Waals surface area contributed by atoms with E-state index in [2.05, 4.69) is 20.5 Å². The normalized spacial score (nSPS) is 35.3. The van der Waals surface area contributed by atoms with E-state index in [4.69, 9.17) is 11.5 Å². The average Bonchev–Trinajstić information content (AvgIpc) is 2.80. The quantitative estimate of drug-likeness (QED) is 0.569. The number of nitrogens with zero attached hydrogens (tertiary/aromatic N) is 2. The fourth-order valence-corrected chi connectivity index (χ4v) is 1.88. The maximum Gasteiger partial charge on any atom is 0.195 e. The smallest absolute Gasteiger partial charge is 0.195 e. The zero-order valence-corrected chi connectivity index (χ0v) is 9.02. The minimum atomic E-state index is -1.08. The topological polar surface area (TPSA) is 105 Å². The third-order valence-corrected chi connectivity index (χ3v) is 2.99. The minimum absolute atomic E-state index is 0.0770. The van der Waals surface area contributed by atoms with E-state index < -0.39 is 11.8 Å². The molecule has 0 amide bonds. The number of nitrogens with two attached hydrogens (primary N) is 2. The Labute approximate surface area is 97.0 Å². The number of aromatic amines is 1. The molecule has 1 aromatic heterocycles. The van der Waals surface area contributed by atoms with E-state index >= 15 is 0 Å². The van der Waals surface area contributed by atoms with Gasteiger partial charge in [0.2, 0.25) is 0 Å². The monoisotopic (exact) mass is 236 g/mol. The molecular formula is C10H13FN6. The molecule has 1 saturated carbocycles. The summed E-state index contributed by atoms with van der Waals surface area (Å²) in [6.07, 6.45) is 3.05. The molecule has 6 N–H and O–H groups in total. The van der Waals surface area contributed by atoms with Crippen LogP contribution < -0.4 is 16.8 Å². The molecule has 3 rings (SSSR count). The molecule has 2 heterocycles. The van der Waals surface area contributed by atoms with Crippen LogP contribution in [0.1, 0.15) is 23.7 Å². The fraction of sp³-hybridized carbons (Fsp3) is 0.400. The van der Waals surface area contributed by atoms with Crippen molar-refractivity contribution in [2.24, 2.45) is 16.5 Å². The lowest BCUT2D eigenvalue weighted by Gasteiger charge is -2.22. The maximum absolute atomic E-state index is 12.9. The highest BCUT2D eigenvalue weighted by atomic mass is 19.1. The molecule has 17 heavy (non-hydrogen) atoms. The molecule has 0 bridgehead atoms. The number of H-pyrrole nitrogens is 1. The molecule has 1 aromatic rings. The largest absolute Gasteiger partial charge is 0.370 e. The van der Waals surface area contributed by atoms with E-state index in [9.17, 15) is 4.39 Å². The van der Waals surface area contributed by atoms with Crippen LogP contribution in [0.2, 0.25) is 0 Å². The predicted molar refractivity (Wildman–Crippen MR) is 60.6 cm³/mol. The molecule has 2 aliphatic rings. The summed E-state index contributed by atoms with van der Waals surface area (Å²) in [6.45, 7) is 0. The number of aliphatic imine (C=N–C) groups is 1. The van der Waals surface area contributed by atoms with Gasteiger partial charge in [0.25, 0.3) is 0 Å². The predicted octanol–water partition coefficient (Wildman–Crippen LogP) is -0.222. The Hall–Kier alpha value is -1.89. The lowest BCUT2D eigenvalue weighted by atomic mass is 10.1. The summed E-state index contributed by atoms with van der Waals surface area (Å²) >= 11 is 0. The molecule has 0 spiro atoms. The van der Waals surface area contributed by atoms with Crippen molar-refractivity contribution in [2.45, 2.75) is 24.2 Å². The van der Waals surface area contributed by atoms with Gasteiger partial charge in [0.05, 0.1) is 0 Å². The van der Waals surface area contributed by atoms with Gasteiger partial charge in [-0.05, 0) is 18.6 Å². The Balaban J connectivity index is 1.91. The Kier molecular flexibility index (Phi) is 1.99. The third-order valence-electron chi connectivity index (χ3n) is 2.99. The molecule has 0 saturated heterocycles. The Morgan fingerprint density at radius 2 is 2.29 bits per heavy atom. The van der Waals surface area contributed by atoms with E-state index in [1.54, 1.807) is 18.3 Å². The highest BCUT2D eigenvalue weighted by Crippen LogP contribution is 2.43. The summed E-state index contributed by atoms with van der Waals surface area (Å²) in [5.41, 5.74) is 11.8. The molecule has 1 fully saturated rings. The fourth-order valence-electron chi connectivity index (χ4n) is 1.88. The molecule has 90 valence electrons. The van der Waals surface area contributed by atoms with E-state index in [1.807, 2.05) is 0 Å². The van der Waals surface area contributed by atoms with Crippen molar-refractivity contribution in [3.8, 4) is 0 Å². The lowest BCUT2D eigenvalue weighted by molar-refractivity contribution is 0.466. The molecule has 1 unspecified atom stereocenters. The molecule has 6 nitrogen and oxygen atoms in total. The molecule has 7 heteroatoms. The van der Waals surface area contributed by atoms with Gasteiger partial charge in [-0.1, -0.05) is 0 Å². The van der Waals surface area contributed by atoms with Crippen LogP contribution in [0.15, 0.2) is 23.3 Å². The maximum atomic E-state index is 12.9. The SMILES string of the molecule is NC1=NC(N)(c2cc([C@@H]3C[C@H]3F)[nH]n2)C=CN1. The number of guanidine groups is 1. The number of hydrogen-bond donors (Lipinski definition) is 4. The third kappa shape index (κ3) is 1.68. The van der Waals surface area contributed by atoms with E-state index in [0.717, 1.165) is 5.69 Å². The number of halogens is 1. The van der Waals surface area contributed by atoms with Crippen molar-refractivity contribution in [2.75, 3.05) is 0 Å². The Morgan fingerprint density at radius 3 is 2.94 bits per heavy atom. The second kappa shape index (κ2) is 3.30. The molecule has 0 aromatic carbocycles. The van der Waals surface area contributed by atoms with Crippen molar-refractivity contribution in [1.82, 2.24) is 15.5 Å². The first-order valence-corrected chi connectivity index (χ1v) is 5.37. The van der Waals surface area contributed by atoms with Crippen molar-refractivity contribution >= 4 is 5.96 Å². The second-order valence-corrected chi connectivity index (χ2v) is 4.37. The van der Waals surface area contributed by atoms with Crippen molar-refractivity contribution in [3.63, 3.8) is 0 Å². The van der Waals surface area contributed by atoms with E-state index in [1.165, 1.54) is 0 Å². The van der Waals surface area contributed by atoms with Crippen LogP contribution in [0, 0.1) is 0 Å². The van der Waals surface area contributed by atoms with Crippen LogP contribution in [-0.4, -0.2) is 22.3 Å². The zero-order valence-electron chi connectivity index (χ0n) is 9.02. The molecular weight excluding hydrogens is 223 g/mol. The van der Waals surface area contributed by atoms with Gasteiger partial charge in [0, 0.05) is 17.8 Å². The number of nitrogens with one attached hydrogen (secondary N) is 2. The van der Waals surface area contributed by atoms with Gasteiger partial charge in [0.1, 0.15) is 11.9 Å². The summed E-state index contributed by atoms with van der Waals surface area (Å²) in [4.78, 5) is 4.09. The van der Waals surface area contributed by atoms with Gasteiger partial charge in [-0.25, -0.2) is 9.38 Å². The van der Waals surface area contributed by atoms with Crippen LogP contribution in [-0.2, 0) is 5.66 Å². The van der Waals surface area contributed by atoms with Gasteiger partial charge >= 0.3 is 0 Å². The van der Waals surface area contributed by atoms with Gasteiger partial charge in [-0.15, -0.1) is 0 Å². The first kappa shape index (κ1) is 10.3. The number of alkyl halides is 1. The average molecular weight is 236 g/mol. The second-order valence-electron chi connectivity index (χ2n) is 4.37. The summed E-state index contributed by atoms with van der Waals surface area (Å²) in [7, 11) is 0. The molecule has 3 atom stereocenters. The van der Waals surface area contributed by atoms with Crippen LogP contribution in [0.3, 0.4) is 0 Å². The first-order valence-electron chi connectivity index (χ1n) is 5.37. The first-order chi connectivity index (χ1) is 8.08. The van der Waals surface area contributed by atoms with Crippen LogP contribution in [0.5, 0.6) is 0 Å². The molecule has 1 aliphatic carbocycles. The Morgan fingerprint density at radius 1 is 1.53 bits per heavy atom. The van der Waals surface area contributed by atoms with E-state index in [-0.39, 0.29) is 11.9 Å². The van der Waals surface area contributed by atoms with Gasteiger partial charge in [-0.2, -0.15) is 5.10 Å². The zero-order chi connectivity index (χ0) is 12.0.